The van der Waals surface area contributed by atoms with E-state index in [0.717, 1.165) is 11.1 Å². The molecular formula is C15H15N3O2S. The fourth-order valence-electron chi connectivity index (χ4n) is 2.36. The van der Waals surface area contributed by atoms with E-state index in [4.69, 9.17) is 5.73 Å². The molecule has 0 fully saturated rings. The zero-order valence-corrected chi connectivity index (χ0v) is 12.0. The van der Waals surface area contributed by atoms with Crippen molar-refractivity contribution in [2.24, 2.45) is 10.8 Å². The molecule has 3 N–H and O–H groups in total. The Morgan fingerprint density at radius 2 is 1.71 bits per heavy atom. The van der Waals surface area contributed by atoms with Crippen molar-refractivity contribution >= 4 is 15.7 Å². The zero-order valence-electron chi connectivity index (χ0n) is 11.2. The van der Waals surface area contributed by atoms with Crippen LogP contribution in [0.2, 0.25) is 0 Å². The molecule has 3 rings (SSSR count). The molecule has 0 radical (unpaired) electrons. The highest BCUT2D eigenvalue weighted by molar-refractivity contribution is 7.89. The topological polar surface area (TPSA) is 84.5 Å². The molecule has 2 aromatic carbocycles. The van der Waals surface area contributed by atoms with Gasteiger partial charge in [-0.1, -0.05) is 42.5 Å². The summed E-state index contributed by atoms with van der Waals surface area (Å²) in [4.78, 5) is 2.44. The van der Waals surface area contributed by atoms with Crippen LogP contribution in [0.3, 0.4) is 0 Å². The van der Waals surface area contributed by atoms with Gasteiger partial charge in [0.2, 0.25) is 0 Å². The molecule has 0 aromatic heterocycles. The molecule has 0 saturated carbocycles. The summed E-state index contributed by atoms with van der Waals surface area (Å²) >= 11 is 0. The molecule has 0 saturated heterocycles. The molecule has 0 amide bonds. The molecule has 1 aliphatic carbocycles. The standard InChI is InChI=1S/C15H15N3O2S/c16-15-13-9-5-4-6-11(13)10-14(15)17-18-21(19,20)12-7-2-1-3-8-12/h1-9,15,18H,10,16H2/b17-14-. The van der Waals surface area contributed by atoms with Gasteiger partial charge in [-0.25, -0.2) is 4.83 Å². The normalized spacial score (nSPS) is 19.5. The third kappa shape index (κ3) is 2.68. The Balaban J connectivity index is 1.83. The molecule has 5 nitrogen and oxygen atoms in total. The van der Waals surface area contributed by atoms with Gasteiger partial charge in [0.05, 0.1) is 16.6 Å². The SMILES string of the molecule is NC1/C(=N\NS(=O)(=O)c2ccccc2)Cc2ccccc21. The average Bonchev–Trinajstić information content (AvgIpc) is 2.83. The number of hydrazone groups is 1. The van der Waals surface area contributed by atoms with E-state index in [-0.39, 0.29) is 10.9 Å². The second kappa shape index (κ2) is 5.31. The summed E-state index contributed by atoms with van der Waals surface area (Å²) in [7, 11) is -3.65. The van der Waals surface area contributed by atoms with Gasteiger partial charge in [-0.15, -0.1) is 0 Å². The van der Waals surface area contributed by atoms with Crippen molar-refractivity contribution in [3.05, 3.63) is 65.7 Å². The highest BCUT2D eigenvalue weighted by Gasteiger charge is 2.25. The maximum absolute atomic E-state index is 12.1. The van der Waals surface area contributed by atoms with Crippen LogP contribution in [0.25, 0.3) is 0 Å². The Hall–Kier alpha value is -2.18. The quantitative estimate of drug-likeness (QED) is 0.844. The van der Waals surface area contributed by atoms with E-state index in [0.29, 0.717) is 12.1 Å². The molecule has 1 atom stereocenters. The molecule has 2 aromatic rings. The first kappa shape index (κ1) is 13.8. The van der Waals surface area contributed by atoms with E-state index in [1.165, 1.54) is 12.1 Å². The Bertz CT molecular complexity index is 786. The summed E-state index contributed by atoms with van der Waals surface area (Å²) in [5.74, 6) is 0. The highest BCUT2D eigenvalue weighted by atomic mass is 32.2. The van der Waals surface area contributed by atoms with Crippen molar-refractivity contribution in [1.82, 2.24) is 4.83 Å². The van der Waals surface area contributed by atoms with E-state index in [1.54, 1.807) is 18.2 Å². The number of fused-ring (bicyclic) bond motifs is 1. The highest BCUT2D eigenvalue weighted by Crippen LogP contribution is 2.26. The van der Waals surface area contributed by atoms with E-state index >= 15 is 0 Å². The van der Waals surface area contributed by atoms with Crippen LogP contribution >= 0.6 is 0 Å². The minimum Gasteiger partial charge on any atom is -0.319 e. The van der Waals surface area contributed by atoms with Crippen LogP contribution in [0.5, 0.6) is 0 Å². The lowest BCUT2D eigenvalue weighted by molar-refractivity contribution is 0.584. The van der Waals surface area contributed by atoms with E-state index in [2.05, 4.69) is 9.93 Å². The summed E-state index contributed by atoms with van der Waals surface area (Å²) in [5, 5.41) is 4.02. The van der Waals surface area contributed by atoms with Gasteiger partial charge in [0.1, 0.15) is 0 Å². The Morgan fingerprint density at radius 1 is 1.05 bits per heavy atom. The van der Waals surface area contributed by atoms with Crippen LogP contribution in [-0.2, 0) is 16.4 Å². The lowest BCUT2D eigenvalue weighted by Gasteiger charge is -2.07. The summed E-state index contributed by atoms with van der Waals surface area (Å²) in [6.45, 7) is 0. The molecule has 0 aliphatic heterocycles. The molecule has 0 spiro atoms. The number of hydrogen-bond donors (Lipinski definition) is 2. The number of benzene rings is 2. The third-order valence-corrected chi connectivity index (χ3v) is 4.71. The fourth-order valence-corrected chi connectivity index (χ4v) is 3.22. The van der Waals surface area contributed by atoms with Crippen molar-refractivity contribution in [3.63, 3.8) is 0 Å². The number of nitrogens with two attached hydrogens (primary N) is 1. The van der Waals surface area contributed by atoms with Crippen LogP contribution in [0.4, 0.5) is 0 Å². The van der Waals surface area contributed by atoms with E-state index in [9.17, 15) is 8.42 Å². The van der Waals surface area contributed by atoms with Crippen molar-refractivity contribution in [2.45, 2.75) is 17.4 Å². The lowest BCUT2D eigenvalue weighted by Crippen LogP contribution is -2.24. The predicted molar refractivity (Wildman–Crippen MR) is 81.3 cm³/mol. The summed E-state index contributed by atoms with van der Waals surface area (Å²) in [5.41, 5.74) is 8.80. The number of hydrogen-bond acceptors (Lipinski definition) is 4. The van der Waals surface area contributed by atoms with Crippen molar-refractivity contribution in [1.29, 1.82) is 0 Å². The first-order chi connectivity index (χ1) is 10.1. The molecule has 0 bridgehead atoms. The lowest BCUT2D eigenvalue weighted by atomic mass is 10.1. The molecule has 6 heteroatoms. The molecular weight excluding hydrogens is 286 g/mol. The first-order valence-electron chi connectivity index (χ1n) is 6.54. The van der Waals surface area contributed by atoms with Gasteiger partial charge < -0.3 is 5.73 Å². The van der Waals surface area contributed by atoms with Gasteiger partial charge in [-0.05, 0) is 23.3 Å². The first-order valence-corrected chi connectivity index (χ1v) is 8.03. The number of rotatable bonds is 3. The van der Waals surface area contributed by atoms with Crippen LogP contribution in [0.15, 0.2) is 64.6 Å². The Morgan fingerprint density at radius 3 is 2.43 bits per heavy atom. The summed E-state index contributed by atoms with van der Waals surface area (Å²) in [6, 6.07) is 15.5. The van der Waals surface area contributed by atoms with Crippen molar-refractivity contribution in [2.75, 3.05) is 0 Å². The van der Waals surface area contributed by atoms with Gasteiger partial charge in [-0.2, -0.15) is 13.5 Å². The second-order valence-corrected chi connectivity index (χ2v) is 6.53. The van der Waals surface area contributed by atoms with Gasteiger partial charge in [0, 0.05) is 6.42 Å². The molecule has 1 aliphatic rings. The minimum atomic E-state index is -3.65. The van der Waals surface area contributed by atoms with Crippen LogP contribution in [-0.4, -0.2) is 14.1 Å². The van der Waals surface area contributed by atoms with Crippen molar-refractivity contribution < 1.29 is 8.42 Å². The fraction of sp³-hybridized carbons (Fsp3) is 0.133. The minimum absolute atomic E-state index is 0.179. The smallest absolute Gasteiger partial charge is 0.276 e. The predicted octanol–water partition coefficient (Wildman–Crippen LogP) is 1.58. The van der Waals surface area contributed by atoms with Crippen LogP contribution in [0, 0.1) is 0 Å². The van der Waals surface area contributed by atoms with Gasteiger partial charge in [0.25, 0.3) is 10.0 Å². The molecule has 0 heterocycles. The van der Waals surface area contributed by atoms with E-state index in [1.807, 2.05) is 24.3 Å². The Kier molecular flexibility index (Phi) is 3.48. The van der Waals surface area contributed by atoms with Gasteiger partial charge in [-0.3, -0.25) is 0 Å². The zero-order chi connectivity index (χ0) is 14.9. The van der Waals surface area contributed by atoms with E-state index < -0.39 is 10.0 Å². The maximum atomic E-state index is 12.1. The van der Waals surface area contributed by atoms with Gasteiger partial charge in [0.15, 0.2) is 0 Å². The summed E-state index contributed by atoms with van der Waals surface area (Å²) < 4.78 is 24.2. The molecule has 21 heavy (non-hydrogen) atoms. The monoisotopic (exact) mass is 301 g/mol. The number of nitrogens with one attached hydrogen (secondary N) is 1. The second-order valence-electron chi connectivity index (χ2n) is 4.86. The van der Waals surface area contributed by atoms with Crippen LogP contribution < -0.4 is 10.6 Å². The number of sulfonamides is 1. The van der Waals surface area contributed by atoms with Crippen molar-refractivity contribution in [3.8, 4) is 0 Å². The summed E-state index contributed by atoms with van der Waals surface area (Å²) in [6.07, 6.45) is 0.564. The van der Waals surface area contributed by atoms with Gasteiger partial charge >= 0.3 is 0 Å². The third-order valence-electron chi connectivity index (χ3n) is 3.48. The Labute approximate surface area is 123 Å². The molecule has 1 unspecified atom stereocenters. The molecule has 108 valence electrons. The largest absolute Gasteiger partial charge is 0.319 e. The maximum Gasteiger partial charge on any atom is 0.276 e. The average molecular weight is 301 g/mol. The number of nitrogens with zero attached hydrogens (tertiary/aromatic N) is 1. The van der Waals surface area contributed by atoms with Crippen LogP contribution in [0.1, 0.15) is 17.2 Å².